The number of hydrogen-bond donors (Lipinski definition) is 3. The Balaban J connectivity index is 1.91. The molecular formula is C14H11F3N4O. The number of carbonyl (C=O) groups excluding carboxylic acids is 1. The molecule has 0 bridgehead atoms. The minimum atomic E-state index is -4.54. The first-order valence-electron chi connectivity index (χ1n) is 6.36. The summed E-state index contributed by atoms with van der Waals surface area (Å²) in [6.45, 7) is 0. The highest BCUT2D eigenvalue weighted by atomic mass is 19.4. The van der Waals surface area contributed by atoms with E-state index in [1.54, 1.807) is 18.2 Å². The molecule has 1 aliphatic rings. The Bertz CT molecular complexity index is 758. The van der Waals surface area contributed by atoms with Crippen molar-refractivity contribution in [1.29, 1.82) is 0 Å². The number of fused-ring (bicyclic) bond motifs is 1. The van der Waals surface area contributed by atoms with Gasteiger partial charge in [0.15, 0.2) is 5.82 Å². The molecule has 4 N–H and O–H groups in total. The molecule has 0 fully saturated rings. The number of amides is 1. The Morgan fingerprint density at radius 1 is 1.23 bits per heavy atom. The van der Waals surface area contributed by atoms with Crippen molar-refractivity contribution in [3.8, 4) is 0 Å². The number of alkyl halides is 3. The smallest absolute Gasteiger partial charge is 0.396 e. The Morgan fingerprint density at radius 2 is 2.00 bits per heavy atom. The SMILES string of the molecule is Nc1ccc(C(F)(F)F)nc1Nc1ccc2c(c1)CC(=O)N2. The van der Waals surface area contributed by atoms with E-state index in [1.165, 1.54) is 0 Å². The molecule has 8 heteroatoms. The normalized spacial score (nSPS) is 13.7. The standard InChI is InChI=1S/C14H11F3N4O/c15-14(16,17)11-4-2-9(18)13(21-11)19-8-1-3-10-7(5-8)6-12(22)20-10/h1-5H,6,18H2,(H,19,21)(H,20,22). The van der Waals surface area contributed by atoms with Crippen LogP contribution in [0.5, 0.6) is 0 Å². The summed E-state index contributed by atoms with van der Waals surface area (Å²) in [5, 5.41) is 5.43. The van der Waals surface area contributed by atoms with E-state index < -0.39 is 11.9 Å². The number of pyridine rings is 1. The average molecular weight is 308 g/mol. The fraction of sp³-hybridized carbons (Fsp3) is 0.143. The summed E-state index contributed by atoms with van der Waals surface area (Å²) in [5.41, 5.74) is 6.70. The largest absolute Gasteiger partial charge is 0.433 e. The zero-order valence-corrected chi connectivity index (χ0v) is 11.2. The van der Waals surface area contributed by atoms with Crippen LogP contribution in [-0.2, 0) is 17.4 Å². The minimum Gasteiger partial charge on any atom is -0.396 e. The fourth-order valence-electron chi connectivity index (χ4n) is 2.17. The third-order valence-corrected chi connectivity index (χ3v) is 3.21. The molecule has 1 amide bonds. The van der Waals surface area contributed by atoms with E-state index in [1.807, 2.05) is 0 Å². The van der Waals surface area contributed by atoms with Crippen molar-refractivity contribution in [2.45, 2.75) is 12.6 Å². The molecule has 0 atom stereocenters. The lowest BCUT2D eigenvalue weighted by Gasteiger charge is -2.12. The molecule has 0 radical (unpaired) electrons. The molecule has 3 rings (SSSR count). The monoisotopic (exact) mass is 308 g/mol. The van der Waals surface area contributed by atoms with Crippen molar-refractivity contribution in [2.75, 3.05) is 16.4 Å². The van der Waals surface area contributed by atoms with Gasteiger partial charge in [0, 0.05) is 11.4 Å². The molecule has 1 aliphatic heterocycles. The van der Waals surface area contributed by atoms with Gasteiger partial charge in [-0.15, -0.1) is 0 Å². The van der Waals surface area contributed by atoms with E-state index >= 15 is 0 Å². The first kappa shape index (κ1) is 14.2. The van der Waals surface area contributed by atoms with Crippen molar-refractivity contribution in [1.82, 2.24) is 4.98 Å². The number of anilines is 4. The summed E-state index contributed by atoms with van der Waals surface area (Å²) in [4.78, 5) is 14.8. The Hall–Kier alpha value is -2.77. The van der Waals surface area contributed by atoms with Crippen molar-refractivity contribution >= 4 is 28.8 Å². The lowest BCUT2D eigenvalue weighted by molar-refractivity contribution is -0.141. The van der Waals surface area contributed by atoms with E-state index in [2.05, 4.69) is 15.6 Å². The third-order valence-electron chi connectivity index (χ3n) is 3.21. The topological polar surface area (TPSA) is 80.0 Å². The number of aromatic nitrogens is 1. The molecule has 0 unspecified atom stereocenters. The molecule has 114 valence electrons. The predicted molar refractivity (Wildman–Crippen MR) is 75.7 cm³/mol. The van der Waals surface area contributed by atoms with Gasteiger partial charge < -0.3 is 16.4 Å². The van der Waals surface area contributed by atoms with Gasteiger partial charge in [-0.1, -0.05) is 0 Å². The van der Waals surface area contributed by atoms with Crippen LogP contribution >= 0.6 is 0 Å². The van der Waals surface area contributed by atoms with Crippen LogP contribution in [0.2, 0.25) is 0 Å². The number of nitrogen functional groups attached to an aromatic ring is 1. The number of benzene rings is 1. The zero-order valence-electron chi connectivity index (χ0n) is 11.2. The number of nitrogens with zero attached hydrogens (tertiary/aromatic N) is 1. The average Bonchev–Trinajstić information content (AvgIpc) is 2.79. The second-order valence-electron chi connectivity index (χ2n) is 4.85. The van der Waals surface area contributed by atoms with Crippen molar-refractivity contribution in [3.63, 3.8) is 0 Å². The van der Waals surface area contributed by atoms with Gasteiger partial charge in [-0.25, -0.2) is 4.98 Å². The number of hydrogen-bond acceptors (Lipinski definition) is 4. The van der Waals surface area contributed by atoms with Gasteiger partial charge in [0.2, 0.25) is 5.91 Å². The zero-order chi connectivity index (χ0) is 15.9. The second kappa shape index (κ2) is 4.90. The highest BCUT2D eigenvalue weighted by Gasteiger charge is 2.33. The van der Waals surface area contributed by atoms with E-state index in [0.29, 0.717) is 11.4 Å². The molecule has 2 heterocycles. The lowest BCUT2D eigenvalue weighted by atomic mass is 10.1. The Morgan fingerprint density at radius 3 is 2.73 bits per heavy atom. The Labute approximate surface area is 123 Å². The van der Waals surface area contributed by atoms with Gasteiger partial charge in [-0.3, -0.25) is 4.79 Å². The van der Waals surface area contributed by atoms with Crippen LogP contribution in [0.1, 0.15) is 11.3 Å². The molecule has 0 saturated heterocycles. The second-order valence-corrected chi connectivity index (χ2v) is 4.85. The lowest BCUT2D eigenvalue weighted by Crippen LogP contribution is -2.10. The molecular weight excluding hydrogens is 297 g/mol. The van der Waals surface area contributed by atoms with E-state index in [0.717, 1.165) is 17.7 Å². The van der Waals surface area contributed by atoms with Gasteiger partial charge in [-0.05, 0) is 35.9 Å². The minimum absolute atomic E-state index is 0.0768. The number of nitrogens with two attached hydrogens (primary N) is 1. The van der Waals surface area contributed by atoms with Crippen LogP contribution < -0.4 is 16.4 Å². The highest BCUT2D eigenvalue weighted by Crippen LogP contribution is 2.32. The Kier molecular flexibility index (Phi) is 3.16. The molecule has 1 aromatic carbocycles. The van der Waals surface area contributed by atoms with E-state index in [4.69, 9.17) is 5.73 Å². The summed E-state index contributed by atoms with van der Waals surface area (Å²) < 4.78 is 38.1. The van der Waals surface area contributed by atoms with Crippen LogP contribution in [0.3, 0.4) is 0 Å². The molecule has 2 aromatic rings. The van der Waals surface area contributed by atoms with Gasteiger partial charge in [0.25, 0.3) is 0 Å². The van der Waals surface area contributed by atoms with Gasteiger partial charge >= 0.3 is 6.18 Å². The molecule has 1 aromatic heterocycles. The van der Waals surface area contributed by atoms with Crippen LogP contribution in [0.15, 0.2) is 30.3 Å². The molecule has 0 spiro atoms. The molecule has 5 nitrogen and oxygen atoms in total. The van der Waals surface area contributed by atoms with Crippen LogP contribution in [0, 0.1) is 0 Å². The van der Waals surface area contributed by atoms with E-state index in [-0.39, 0.29) is 23.8 Å². The molecule has 0 saturated carbocycles. The molecule has 22 heavy (non-hydrogen) atoms. The van der Waals surface area contributed by atoms with E-state index in [9.17, 15) is 18.0 Å². The summed E-state index contributed by atoms with van der Waals surface area (Å²) in [5.74, 6) is -0.198. The molecule has 0 aliphatic carbocycles. The maximum absolute atomic E-state index is 12.7. The third kappa shape index (κ3) is 2.67. The van der Waals surface area contributed by atoms with Crippen molar-refractivity contribution in [2.24, 2.45) is 0 Å². The highest BCUT2D eigenvalue weighted by molar-refractivity contribution is 5.99. The number of halogens is 3. The number of nitrogens with one attached hydrogen (secondary N) is 2. The first-order valence-corrected chi connectivity index (χ1v) is 6.36. The summed E-state index contributed by atoms with van der Waals surface area (Å²) >= 11 is 0. The van der Waals surface area contributed by atoms with Gasteiger partial charge in [0.1, 0.15) is 5.69 Å². The maximum atomic E-state index is 12.7. The summed E-state index contributed by atoms with van der Waals surface area (Å²) in [7, 11) is 0. The van der Waals surface area contributed by atoms with Gasteiger partial charge in [0.05, 0.1) is 12.1 Å². The maximum Gasteiger partial charge on any atom is 0.433 e. The predicted octanol–water partition coefficient (Wildman–Crippen LogP) is 2.92. The van der Waals surface area contributed by atoms with Crippen LogP contribution in [0.4, 0.5) is 36.1 Å². The van der Waals surface area contributed by atoms with Crippen LogP contribution in [-0.4, -0.2) is 10.9 Å². The van der Waals surface area contributed by atoms with Crippen molar-refractivity contribution < 1.29 is 18.0 Å². The number of rotatable bonds is 2. The van der Waals surface area contributed by atoms with Crippen molar-refractivity contribution in [3.05, 3.63) is 41.6 Å². The quantitative estimate of drug-likeness (QED) is 0.797. The summed E-state index contributed by atoms with van der Waals surface area (Å²) in [6.07, 6.45) is -4.31. The number of carbonyl (C=O) groups is 1. The first-order chi connectivity index (χ1) is 10.3. The summed E-state index contributed by atoms with van der Waals surface area (Å²) in [6, 6.07) is 6.95. The van der Waals surface area contributed by atoms with Crippen LogP contribution in [0.25, 0.3) is 0 Å². The van der Waals surface area contributed by atoms with Gasteiger partial charge in [-0.2, -0.15) is 13.2 Å². The fourth-order valence-corrected chi connectivity index (χ4v) is 2.17.